The van der Waals surface area contributed by atoms with Crippen molar-refractivity contribution >= 4 is 17.3 Å². The summed E-state index contributed by atoms with van der Waals surface area (Å²) < 4.78 is 13.4. The number of rotatable bonds is 4. The van der Waals surface area contributed by atoms with Crippen molar-refractivity contribution in [1.29, 1.82) is 0 Å². The van der Waals surface area contributed by atoms with Crippen molar-refractivity contribution in [1.82, 2.24) is 0 Å². The predicted octanol–water partition coefficient (Wildman–Crippen LogP) is 3.28. The first-order valence-corrected chi connectivity index (χ1v) is 5.49. The molecule has 0 unspecified atom stereocenters. The van der Waals surface area contributed by atoms with Gasteiger partial charge in [0.15, 0.2) is 0 Å². The van der Waals surface area contributed by atoms with Crippen LogP contribution in [0.25, 0.3) is 0 Å². The van der Waals surface area contributed by atoms with E-state index in [0.29, 0.717) is 12.1 Å². The molecule has 0 heterocycles. The zero-order valence-corrected chi connectivity index (χ0v) is 9.79. The van der Waals surface area contributed by atoms with E-state index in [1.807, 2.05) is 6.92 Å². The predicted molar refractivity (Wildman–Crippen MR) is 62.6 cm³/mol. The van der Waals surface area contributed by atoms with Crippen LogP contribution in [-0.2, 0) is 12.8 Å². The molecule has 0 saturated heterocycles. The second-order valence-electron chi connectivity index (χ2n) is 3.42. The average Bonchev–Trinajstić information content (AvgIpc) is 2.24. The zero-order chi connectivity index (χ0) is 11.4. The van der Waals surface area contributed by atoms with E-state index in [2.05, 4.69) is 12.3 Å². The summed E-state index contributed by atoms with van der Waals surface area (Å²) in [7, 11) is 0. The van der Waals surface area contributed by atoms with Crippen LogP contribution in [0.3, 0.4) is 0 Å². The topological polar surface area (TPSA) is 38.0 Å². The molecule has 0 aliphatic rings. The molecule has 1 aromatic rings. The molecule has 1 aromatic carbocycles. The Morgan fingerprint density at radius 1 is 1.40 bits per heavy atom. The minimum Gasteiger partial charge on any atom is -0.324 e. The van der Waals surface area contributed by atoms with Gasteiger partial charge in [-0.25, -0.2) is 4.39 Å². The Labute approximate surface area is 94.6 Å². The first-order chi connectivity index (χ1) is 7.15. The zero-order valence-electron chi connectivity index (χ0n) is 9.03. The molecule has 0 radical (unpaired) electrons. The highest BCUT2D eigenvalue weighted by molar-refractivity contribution is 6.31. The maximum absolute atomic E-state index is 13.4. The van der Waals surface area contributed by atoms with Crippen LogP contribution >= 0.6 is 11.6 Å². The fourth-order valence-corrected chi connectivity index (χ4v) is 2.05. The maximum Gasteiger partial charge on any atom is 0.144 e. The third-order valence-electron chi connectivity index (χ3n) is 2.44. The van der Waals surface area contributed by atoms with Gasteiger partial charge >= 0.3 is 0 Å². The summed E-state index contributed by atoms with van der Waals surface area (Å²) in [5.74, 6) is 4.95. The molecule has 2 nitrogen and oxygen atoms in total. The van der Waals surface area contributed by atoms with Gasteiger partial charge in [0, 0.05) is 6.07 Å². The fraction of sp³-hybridized carbons (Fsp3) is 0.455. The Morgan fingerprint density at radius 2 is 2.07 bits per heavy atom. The van der Waals surface area contributed by atoms with E-state index in [0.717, 1.165) is 24.0 Å². The van der Waals surface area contributed by atoms with Crippen molar-refractivity contribution in [2.75, 3.05) is 5.43 Å². The Kier molecular flexibility index (Phi) is 4.36. The molecule has 0 saturated carbocycles. The van der Waals surface area contributed by atoms with Crippen molar-refractivity contribution in [3.63, 3.8) is 0 Å². The molecule has 0 spiro atoms. The van der Waals surface area contributed by atoms with Crippen molar-refractivity contribution in [3.8, 4) is 0 Å². The molecule has 0 aliphatic carbocycles. The normalized spacial score (nSPS) is 10.5. The third-order valence-corrected chi connectivity index (χ3v) is 2.85. The highest BCUT2D eigenvalue weighted by Crippen LogP contribution is 2.31. The van der Waals surface area contributed by atoms with Gasteiger partial charge in [0.05, 0.1) is 10.7 Å². The summed E-state index contributed by atoms with van der Waals surface area (Å²) in [4.78, 5) is 0. The molecule has 0 bridgehead atoms. The smallest absolute Gasteiger partial charge is 0.144 e. The summed E-state index contributed by atoms with van der Waals surface area (Å²) in [5, 5.41) is 0.222. The number of hydrogen-bond donors (Lipinski definition) is 2. The summed E-state index contributed by atoms with van der Waals surface area (Å²) in [6, 6.07) is 1.35. The lowest BCUT2D eigenvalue weighted by molar-refractivity contribution is 0.625. The maximum atomic E-state index is 13.4. The van der Waals surface area contributed by atoms with E-state index >= 15 is 0 Å². The molecule has 4 heteroatoms. The number of anilines is 1. The van der Waals surface area contributed by atoms with E-state index in [1.165, 1.54) is 6.07 Å². The largest absolute Gasteiger partial charge is 0.324 e. The van der Waals surface area contributed by atoms with Crippen molar-refractivity contribution in [2.24, 2.45) is 5.84 Å². The van der Waals surface area contributed by atoms with Crippen LogP contribution in [0.1, 0.15) is 31.4 Å². The summed E-state index contributed by atoms with van der Waals surface area (Å²) in [5.41, 5.74) is 5.03. The molecule has 84 valence electrons. The van der Waals surface area contributed by atoms with Crippen LogP contribution in [0.4, 0.5) is 10.1 Å². The molecule has 1 rings (SSSR count). The molecule has 0 atom stereocenters. The summed E-state index contributed by atoms with van der Waals surface area (Å²) >= 11 is 5.92. The molecular formula is C11H16ClFN2. The van der Waals surface area contributed by atoms with Crippen LogP contribution in [0.5, 0.6) is 0 Å². The van der Waals surface area contributed by atoms with Gasteiger partial charge < -0.3 is 5.43 Å². The second kappa shape index (κ2) is 5.33. The van der Waals surface area contributed by atoms with E-state index in [9.17, 15) is 4.39 Å². The first-order valence-electron chi connectivity index (χ1n) is 5.12. The molecule has 0 aliphatic heterocycles. The number of nitrogens with one attached hydrogen (secondary N) is 1. The van der Waals surface area contributed by atoms with E-state index in [-0.39, 0.29) is 5.02 Å². The van der Waals surface area contributed by atoms with Gasteiger partial charge in [-0.15, -0.1) is 0 Å². The average molecular weight is 231 g/mol. The molecule has 0 amide bonds. The lowest BCUT2D eigenvalue weighted by atomic mass is 9.99. The Bertz CT molecular complexity index is 353. The quantitative estimate of drug-likeness (QED) is 0.616. The first kappa shape index (κ1) is 12.3. The van der Waals surface area contributed by atoms with E-state index in [1.54, 1.807) is 0 Å². The number of benzene rings is 1. The number of hydrazine groups is 1. The Hall–Kier alpha value is -0.800. The van der Waals surface area contributed by atoms with Crippen LogP contribution in [-0.4, -0.2) is 0 Å². The van der Waals surface area contributed by atoms with Gasteiger partial charge in [0.2, 0.25) is 0 Å². The van der Waals surface area contributed by atoms with Crippen LogP contribution < -0.4 is 11.3 Å². The third kappa shape index (κ3) is 2.41. The van der Waals surface area contributed by atoms with Crippen molar-refractivity contribution in [2.45, 2.75) is 33.1 Å². The number of halogens is 2. The lowest BCUT2D eigenvalue weighted by Gasteiger charge is -2.15. The highest BCUT2D eigenvalue weighted by atomic mass is 35.5. The lowest BCUT2D eigenvalue weighted by Crippen LogP contribution is -2.12. The molecular weight excluding hydrogens is 215 g/mol. The molecule has 3 N–H and O–H groups in total. The van der Waals surface area contributed by atoms with Crippen LogP contribution in [0, 0.1) is 5.82 Å². The fourth-order valence-electron chi connectivity index (χ4n) is 1.75. The van der Waals surface area contributed by atoms with Crippen LogP contribution in [0.2, 0.25) is 5.02 Å². The number of nitrogens with two attached hydrogens (primary N) is 1. The Balaban J connectivity index is 3.35. The minimum absolute atomic E-state index is 0.222. The van der Waals surface area contributed by atoms with Crippen molar-refractivity contribution < 1.29 is 4.39 Å². The number of hydrogen-bond acceptors (Lipinski definition) is 2. The summed E-state index contributed by atoms with van der Waals surface area (Å²) in [6.07, 6.45) is 2.53. The minimum atomic E-state index is -0.415. The SMILES string of the molecule is CCCc1c(NN)cc(F)c(Cl)c1CC. The van der Waals surface area contributed by atoms with Gasteiger partial charge in [-0.2, -0.15) is 0 Å². The monoisotopic (exact) mass is 230 g/mol. The molecule has 0 fully saturated rings. The van der Waals surface area contributed by atoms with Gasteiger partial charge in [0.1, 0.15) is 5.82 Å². The van der Waals surface area contributed by atoms with Gasteiger partial charge in [-0.1, -0.05) is 31.9 Å². The van der Waals surface area contributed by atoms with Gasteiger partial charge in [0.25, 0.3) is 0 Å². The standard InChI is InChI=1S/C11H16ClFN2/c1-3-5-8-7(4-2)11(12)9(13)6-10(8)15-14/h6,15H,3-5,14H2,1-2H3. The van der Waals surface area contributed by atoms with Gasteiger partial charge in [-0.3, -0.25) is 5.84 Å². The number of nitrogen functional groups attached to an aromatic ring is 1. The summed E-state index contributed by atoms with van der Waals surface area (Å²) in [6.45, 7) is 4.02. The highest BCUT2D eigenvalue weighted by Gasteiger charge is 2.14. The second-order valence-corrected chi connectivity index (χ2v) is 3.80. The van der Waals surface area contributed by atoms with Crippen LogP contribution in [0.15, 0.2) is 6.07 Å². The molecule has 15 heavy (non-hydrogen) atoms. The Morgan fingerprint density at radius 3 is 2.53 bits per heavy atom. The van der Waals surface area contributed by atoms with E-state index in [4.69, 9.17) is 17.4 Å². The van der Waals surface area contributed by atoms with Gasteiger partial charge in [-0.05, 0) is 24.0 Å². The van der Waals surface area contributed by atoms with Crippen molar-refractivity contribution in [3.05, 3.63) is 28.0 Å². The molecule has 0 aromatic heterocycles. The van der Waals surface area contributed by atoms with E-state index < -0.39 is 5.82 Å².